The van der Waals surface area contributed by atoms with E-state index in [1.54, 1.807) is 26.0 Å². The lowest BCUT2D eigenvalue weighted by atomic mass is 10.2. The first-order valence-electron chi connectivity index (χ1n) is 5.66. The number of aromatic nitrogens is 1. The third-order valence-electron chi connectivity index (χ3n) is 2.53. The molecule has 1 aromatic heterocycles. The second-order valence-corrected chi connectivity index (χ2v) is 4.68. The fraction of sp³-hybridized carbons (Fsp3) is 0.143. The molecular formula is C14H12ClFN2O. The van der Waals surface area contributed by atoms with Crippen molar-refractivity contribution in [1.82, 2.24) is 4.98 Å². The van der Waals surface area contributed by atoms with E-state index in [2.05, 4.69) is 10.3 Å². The molecule has 0 bridgehead atoms. The number of benzene rings is 1. The van der Waals surface area contributed by atoms with Crippen LogP contribution in [0.5, 0.6) is 0 Å². The van der Waals surface area contributed by atoms with Crippen molar-refractivity contribution >= 4 is 23.2 Å². The minimum atomic E-state index is -0.414. The van der Waals surface area contributed by atoms with Gasteiger partial charge in [-0.25, -0.2) is 4.39 Å². The monoisotopic (exact) mass is 278 g/mol. The number of nitrogens with one attached hydrogen (secondary N) is 1. The van der Waals surface area contributed by atoms with Gasteiger partial charge in [0.2, 0.25) is 0 Å². The lowest BCUT2D eigenvalue weighted by molar-refractivity contribution is 0.102. The third-order valence-corrected chi connectivity index (χ3v) is 2.85. The molecule has 1 N–H and O–H groups in total. The van der Waals surface area contributed by atoms with Gasteiger partial charge in [-0.1, -0.05) is 11.6 Å². The third kappa shape index (κ3) is 3.29. The minimum Gasteiger partial charge on any atom is -0.322 e. The Balaban J connectivity index is 2.25. The molecule has 0 fully saturated rings. The molecule has 2 aromatic rings. The van der Waals surface area contributed by atoms with E-state index in [1.165, 1.54) is 18.3 Å². The van der Waals surface area contributed by atoms with Crippen molar-refractivity contribution in [3.8, 4) is 0 Å². The summed E-state index contributed by atoms with van der Waals surface area (Å²) >= 11 is 5.98. The first-order chi connectivity index (χ1) is 8.95. The Morgan fingerprint density at radius 3 is 2.63 bits per heavy atom. The molecule has 98 valence electrons. The summed E-state index contributed by atoms with van der Waals surface area (Å²) in [5.74, 6) is -0.814. The van der Waals surface area contributed by atoms with Gasteiger partial charge in [-0.3, -0.25) is 9.78 Å². The van der Waals surface area contributed by atoms with Crippen LogP contribution in [0.3, 0.4) is 0 Å². The molecule has 0 saturated heterocycles. The smallest absolute Gasteiger partial charge is 0.258 e. The molecule has 3 nitrogen and oxygen atoms in total. The van der Waals surface area contributed by atoms with Gasteiger partial charge >= 0.3 is 0 Å². The molecule has 5 heteroatoms. The van der Waals surface area contributed by atoms with Gasteiger partial charge in [-0.2, -0.15) is 0 Å². The predicted molar refractivity (Wildman–Crippen MR) is 73.1 cm³/mol. The van der Waals surface area contributed by atoms with E-state index in [1.807, 2.05) is 0 Å². The fourth-order valence-electron chi connectivity index (χ4n) is 1.70. The standard InChI is InChI=1S/C14H12ClFN2O/c1-8-3-10(16)6-11(4-8)18-14(19)12-7-17-9(2)5-13(12)15/h3-7H,1-2H3,(H,18,19). The number of rotatable bonds is 2. The highest BCUT2D eigenvalue weighted by Gasteiger charge is 2.12. The van der Waals surface area contributed by atoms with Crippen LogP contribution in [0.1, 0.15) is 21.6 Å². The highest BCUT2D eigenvalue weighted by Crippen LogP contribution is 2.19. The lowest BCUT2D eigenvalue weighted by Crippen LogP contribution is -2.13. The first kappa shape index (κ1) is 13.5. The molecule has 0 saturated carbocycles. The van der Waals surface area contributed by atoms with Crippen LogP contribution in [-0.4, -0.2) is 10.9 Å². The van der Waals surface area contributed by atoms with E-state index < -0.39 is 11.7 Å². The number of halogens is 2. The maximum Gasteiger partial charge on any atom is 0.258 e. The molecule has 0 atom stereocenters. The van der Waals surface area contributed by atoms with Crippen LogP contribution in [-0.2, 0) is 0 Å². The Kier molecular flexibility index (Phi) is 3.81. The zero-order chi connectivity index (χ0) is 14.0. The maximum absolute atomic E-state index is 13.2. The van der Waals surface area contributed by atoms with Crippen LogP contribution in [0.2, 0.25) is 5.02 Å². The number of hydrogen-bond donors (Lipinski definition) is 1. The van der Waals surface area contributed by atoms with Crippen molar-refractivity contribution in [2.24, 2.45) is 0 Å². The summed E-state index contributed by atoms with van der Waals surface area (Å²) in [6.45, 7) is 3.53. The molecule has 0 radical (unpaired) electrons. The quantitative estimate of drug-likeness (QED) is 0.909. The molecule has 2 rings (SSSR count). The number of nitrogens with zero attached hydrogens (tertiary/aromatic N) is 1. The van der Waals surface area contributed by atoms with Crippen LogP contribution in [0.15, 0.2) is 30.5 Å². The molecule has 1 amide bonds. The van der Waals surface area contributed by atoms with E-state index >= 15 is 0 Å². The molecule has 0 spiro atoms. The van der Waals surface area contributed by atoms with Crippen LogP contribution < -0.4 is 5.32 Å². The number of anilines is 1. The van der Waals surface area contributed by atoms with Crippen molar-refractivity contribution in [3.05, 3.63) is 58.1 Å². The van der Waals surface area contributed by atoms with E-state index in [0.29, 0.717) is 10.7 Å². The molecule has 0 aliphatic heterocycles. The SMILES string of the molecule is Cc1cc(F)cc(NC(=O)c2cnc(C)cc2Cl)c1. The van der Waals surface area contributed by atoms with Crippen molar-refractivity contribution < 1.29 is 9.18 Å². The molecule has 19 heavy (non-hydrogen) atoms. The molecule has 0 aliphatic carbocycles. The van der Waals surface area contributed by atoms with Gasteiger partial charge in [-0.15, -0.1) is 0 Å². The fourth-order valence-corrected chi connectivity index (χ4v) is 1.99. The Bertz CT molecular complexity index is 623. The van der Waals surface area contributed by atoms with E-state index in [4.69, 9.17) is 11.6 Å². The van der Waals surface area contributed by atoms with Gasteiger partial charge in [0.1, 0.15) is 5.82 Å². The summed E-state index contributed by atoms with van der Waals surface area (Å²) in [4.78, 5) is 16.0. The number of amides is 1. The predicted octanol–water partition coefficient (Wildman–Crippen LogP) is 3.74. The summed E-state index contributed by atoms with van der Waals surface area (Å²) in [7, 11) is 0. The number of carbonyl (C=O) groups is 1. The largest absolute Gasteiger partial charge is 0.322 e. The van der Waals surface area contributed by atoms with Gasteiger partial charge in [0.25, 0.3) is 5.91 Å². The summed E-state index contributed by atoms with van der Waals surface area (Å²) in [5, 5.41) is 2.91. The topological polar surface area (TPSA) is 42.0 Å². The number of carbonyl (C=O) groups excluding carboxylic acids is 1. The second-order valence-electron chi connectivity index (χ2n) is 4.28. The van der Waals surface area contributed by atoms with Crippen molar-refractivity contribution in [2.45, 2.75) is 13.8 Å². The van der Waals surface area contributed by atoms with Crippen LogP contribution in [0, 0.1) is 19.7 Å². The van der Waals surface area contributed by atoms with Crippen molar-refractivity contribution in [3.63, 3.8) is 0 Å². The van der Waals surface area contributed by atoms with E-state index in [-0.39, 0.29) is 5.56 Å². The highest BCUT2D eigenvalue weighted by atomic mass is 35.5. The number of aryl methyl sites for hydroxylation is 2. The summed E-state index contributed by atoms with van der Waals surface area (Å²) in [5.41, 5.74) is 2.10. The molecule has 0 unspecified atom stereocenters. The summed E-state index contributed by atoms with van der Waals surface area (Å²) in [6, 6.07) is 5.92. The van der Waals surface area contributed by atoms with Gasteiger partial charge in [0.05, 0.1) is 10.6 Å². The number of pyridine rings is 1. The zero-order valence-electron chi connectivity index (χ0n) is 10.5. The van der Waals surface area contributed by atoms with Crippen LogP contribution in [0.25, 0.3) is 0 Å². The Morgan fingerprint density at radius 2 is 2.00 bits per heavy atom. The van der Waals surface area contributed by atoms with E-state index in [9.17, 15) is 9.18 Å². The second kappa shape index (κ2) is 5.36. The van der Waals surface area contributed by atoms with Gasteiger partial charge in [0.15, 0.2) is 0 Å². The van der Waals surface area contributed by atoms with Crippen molar-refractivity contribution in [2.75, 3.05) is 5.32 Å². The first-order valence-corrected chi connectivity index (χ1v) is 6.04. The Morgan fingerprint density at radius 1 is 1.26 bits per heavy atom. The summed E-state index contributed by atoms with van der Waals surface area (Å²) in [6.07, 6.45) is 1.40. The summed E-state index contributed by atoms with van der Waals surface area (Å²) < 4.78 is 13.2. The lowest BCUT2D eigenvalue weighted by Gasteiger charge is -2.08. The Hall–Kier alpha value is -1.94. The molecule has 0 aliphatic rings. The average molecular weight is 279 g/mol. The van der Waals surface area contributed by atoms with Crippen LogP contribution in [0.4, 0.5) is 10.1 Å². The number of hydrogen-bond acceptors (Lipinski definition) is 2. The highest BCUT2D eigenvalue weighted by molar-refractivity contribution is 6.34. The molecule has 1 heterocycles. The van der Waals surface area contributed by atoms with Gasteiger partial charge in [0, 0.05) is 17.6 Å². The zero-order valence-corrected chi connectivity index (χ0v) is 11.3. The molecular weight excluding hydrogens is 267 g/mol. The van der Waals surface area contributed by atoms with Crippen LogP contribution >= 0.6 is 11.6 Å². The maximum atomic E-state index is 13.2. The van der Waals surface area contributed by atoms with Crippen molar-refractivity contribution in [1.29, 1.82) is 0 Å². The normalized spacial score (nSPS) is 10.3. The Labute approximate surface area is 115 Å². The molecule has 1 aromatic carbocycles. The van der Waals surface area contributed by atoms with Gasteiger partial charge in [-0.05, 0) is 43.7 Å². The minimum absolute atomic E-state index is 0.259. The van der Waals surface area contributed by atoms with Gasteiger partial charge < -0.3 is 5.32 Å². The van der Waals surface area contributed by atoms with E-state index in [0.717, 1.165) is 11.3 Å². The average Bonchev–Trinajstić information content (AvgIpc) is 2.26.